The number of nitrogens with zero attached hydrogens (tertiary/aromatic N) is 2. The summed E-state index contributed by atoms with van der Waals surface area (Å²) >= 11 is 0. The summed E-state index contributed by atoms with van der Waals surface area (Å²) in [6.07, 6.45) is 1.06. The number of nitrogens with two attached hydrogens (primary N) is 1. The van der Waals surface area contributed by atoms with Crippen LogP contribution >= 0.6 is 0 Å². The molecule has 1 aliphatic heterocycles. The van der Waals surface area contributed by atoms with Crippen LogP contribution in [0, 0.1) is 0 Å². The average molecular weight is 275 g/mol. The van der Waals surface area contributed by atoms with Crippen LogP contribution in [-0.2, 0) is 6.54 Å². The molecule has 3 heteroatoms. The first-order valence-corrected chi connectivity index (χ1v) is 7.74. The molecule has 0 amide bonds. The van der Waals surface area contributed by atoms with E-state index in [1.54, 1.807) is 0 Å². The van der Waals surface area contributed by atoms with E-state index in [1.165, 1.54) is 5.56 Å². The molecule has 1 fully saturated rings. The normalized spacial score (nSPS) is 20.0. The van der Waals surface area contributed by atoms with E-state index in [4.69, 9.17) is 5.73 Å². The first-order valence-electron chi connectivity index (χ1n) is 7.74. The van der Waals surface area contributed by atoms with Gasteiger partial charge in [-0.05, 0) is 32.8 Å². The van der Waals surface area contributed by atoms with Gasteiger partial charge in [0.05, 0.1) is 0 Å². The van der Waals surface area contributed by atoms with Gasteiger partial charge in [0.15, 0.2) is 0 Å². The van der Waals surface area contributed by atoms with E-state index in [-0.39, 0.29) is 11.6 Å². The van der Waals surface area contributed by atoms with Crippen LogP contribution < -0.4 is 5.73 Å². The second-order valence-corrected chi connectivity index (χ2v) is 6.74. The third-order valence-electron chi connectivity index (χ3n) is 4.30. The fourth-order valence-corrected chi connectivity index (χ4v) is 3.27. The summed E-state index contributed by atoms with van der Waals surface area (Å²) in [5.41, 5.74) is 7.61. The Morgan fingerprint density at radius 3 is 2.25 bits per heavy atom. The maximum atomic E-state index is 5.98. The van der Waals surface area contributed by atoms with Gasteiger partial charge in [0, 0.05) is 44.3 Å². The van der Waals surface area contributed by atoms with E-state index in [0.29, 0.717) is 0 Å². The van der Waals surface area contributed by atoms with Crippen LogP contribution in [0.25, 0.3) is 0 Å². The monoisotopic (exact) mass is 275 g/mol. The van der Waals surface area contributed by atoms with Gasteiger partial charge in [-0.2, -0.15) is 0 Å². The number of piperazine rings is 1. The Labute approximate surface area is 123 Å². The lowest BCUT2D eigenvalue weighted by Crippen LogP contribution is -2.55. The molecule has 0 radical (unpaired) electrons. The maximum Gasteiger partial charge on any atom is 0.0234 e. The molecule has 1 heterocycles. The summed E-state index contributed by atoms with van der Waals surface area (Å²) < 4.78 is 0. The van der Waals surface area contributed by atoms with E-state index in [2.05, 4.69) is 60.9 Å². The van der Waals surface area contributed by atoms with Crippen LogP contribution in [0.15, 0.2) is 30.3 Å². The number of hydrogen-bond acceptors (Lipinski definition) is 3. The van der Waals surface area contributed by atoms with Gasteiger partial charge in [-0.15, -0.1) is 0 Å². The van der Waals surface area contributed by atoms with Crippen LogP contribution in [0.1, 0.15) is 32.8 Å². The van der Waals surface area contributed by atoms with E-state index in [0.717, 1.165) is 39.1 Å². The highest BCUT2D eigenvalue weighted by molar-refractivity contribution is 5.14. The van der Waals surface area contributed by atoms with Crippen molar-refractivity contribution in [3.8, 4) is 0 Å². The van der Waals surface area contributed by atoms with Gasteiger partial charge < -0.3 is 5.73 Å². The molecule has 1 atom stereocenters. The molecule has 2 N–H and O–H groups in total. The third kappa shape index (κ3) is 4.30. The molecule has 1 saturated heterocycles. The second kappa shape index (κ2) is 6.70. The molecule has 0 aromatic heterocycles. The Morgan fingerprint density at radius 1 is 1.10 bits per heavy atom. The van der Waals surface area contributed by atoms with Crippen molar-refractivity contribution in [2.24, 2.45) is 5.73 Å². The van der Waals surface area contributed by atoms with Crippen molar-refractivity contribution >= 4 is 0 Å². The molecular weight excluding hydrogens is 246 g/mol. The van der Waals surface area contributed by atoms with Gasteiger partial charge in [-0.1, -0.05) is 30.3 Å². The van der Waals surface area contributed by atoms with Crippen molar-refractivity contribution in [3.05, 3.63) is 35.9 Å². The highest BCUT2D eigenvalue weighted by Gasteiger charge is 2.30. The number of hydrogen-bond donors (Lipinski definition) is 1. The molecule has 0 spiro atoms. The minimum Gasteiger partial charge on any atom is -0.328 e. The van der Waals surface area contributed by atoms with Crippen molar-refractivity contribution < 1.29 is 0 Å². The van der Waals surface area contributed by atoms with E-state index in [9.17, 15) is 0 Å². The Balaban J connectivity index is 1.83. The molecule has 2 rings (SSSR count). The minimum atomic E-state index is 0.215. The zero-order chi connectivity index (χ0) is 14.6. The smallest absolute Gasteiger partial charge is 0.0234 e. The van der Waals surface area contributed by atoms with Gasteiger partial charge in [0.25, 0.3) is 0 Å². The van der Waals surface area contributed by atoms with Gasteiger partial charge in [0.1, 0.15) is 0 Å². The third-order valence-corrected chi connectivity index (χ3v) is 4.30. The first-order chi connectivity index (χ1) is 9.47. The molecule has 0 bridgehead atoms. The lowest BCUT2D eigenvalue weighted by molar-refractivity contribution is 0.0416. The van der Waals surface area contributed by atoms with Crippen LogP contribution in [0.4, 0.5) is 0 Å². The molecule has 112 valence electrons. The summed E-state index contributed by atoms with van der Waals surface area (Å²) in [5, 5.41) is 0. The lowest BCUT2D eigenvalue weighted by atomic mass is 9.93. The van der Waals surface area contributed by atoms with Gasteiger partial charge in [-0.3, -0.25) is 9.80 Å². The Morgan fingerprint density at radius 2 is 1.70 bits per heavy atom. The molecule has 0 saturated carbocycles. The molecule has 1 aromatic carbocycles. The van der Waals surface area contributed by atoms with Crippen LogP contribution in [0.3, 0.4) is 0 Å². The van der Waals surface area contributed by atoms with Crippen molar-refractivity contribution in [2.45, 2.75) is 45.3 Å². The molecule has 1 aliphatic rings. The van der Waals surface area contributed by atoms with Gasteiger partial charge in [0.2, 0.25) is 0 Å². The van der Waals surface area contributed by atoms with E-state index >= 15 is 0 Å². The zero-order valence-corrected chi connectivity index (χ0v) is 13.2. The van der Waals surface area contributed by atoms with Crippen molar-refractivity contribution in [1.82, 2.24) is 9.80 Å². The summed E-state index contributed by atoms with van der Waals surface area (Å²) in [6, 6.07) is 11.0. The van der Waals surface area contributed by atoms with E-state index < -0.39 is 0 Å². The highest BCUT2D eigenvalue weighted by Crippen LogP contribution is 2.22. The standard InChI is InChI=1S/C17H29N3/c1-15(18)13-17(2,3)20-11-9-19(10-12-20)14-16-7-5-4-6-8-16/h4-8,15H,9-14,18H2,1-3H3. The molecule has 0 aliphatic carbocycles. The fraction of sp³-hybridized carbons (Fsp3) is 0.647. The Bertz CT molecular complexity index is 392. The number of benzene rings is 1. The zero-order valence-electron chi connectivity index (χ0n) is 13.2. The quantitative estimate of drug-likeness (QED) is 0.895. The van der Waals surface area contributed by atoms with Gasteiger partial charge in [-0.25, -0.2) is 0 Å². The predicted octanol–water partition coefficient (Wildman–Crippen LogP) is 2.32. The van der Waals surface area contributed by atoms with Crippen molar-refractivity contribution in [2.75, 3.05) is 26.2 Å². The maximum absolute atomic E-state index is 5.98. The van der Waals surface area contributed by atoms with Crippen molar-refractivity contribution in [3.63, 3.8) is 0 Å². The minimum absolute atomic E-state index is 0.215. The summed E-state index contributed by atoms with van der Waals surface area (Å²) in [6.45, 7) is 12.4. The topological polar surface area (TPSA) is 32.5 Å². The van der Waals surface area contributed by atoms with Crippen LogP contribution in [-0.4, -0.2) is 47.6 Å². The van der Waals surface area contributed by atoms with Crippen LogP contribution in [0.2, 0.25) is 0 Å². The largest absolute Gasteiger partial charge is 0.328 e. The second-order valence-electron chi connectivity index (χ2n) is 6.74. The summed E-state index contributed by atoms with van der Waals surface area (Å²) in [4.78, 5) is 5.14. The van der Waals surface area contributed by atoms with E-state index in [1.807, 2.05) is 0 Å². The molecule has 20 heavy (non-hydrogen) atoms. The van der Waals surface area contributed by atoms with Crippen LogP contribution in [0.5, 0.6) is 0 Å². The highest BCUT2D eigenvalue weighted by atomic mass is 15.3. The Hall–Kier alpha value is -0.900. The Kier molecular flexibility index (Phi) is 5.19. The predicted molar refractivity (Wildman–Crippen MR) is 85.6 cm³/mol. The lowest BCUT2D eigenvalue weighted by Gasteiger charge is -2.45. The van der Waals surface area contributed by atoms with Crippen molar-refractivity contribution in [1.29, 1.82) is 0 Å². The SMILES string of the molecule is CC(N)CC(C)(C)N1CCN(Cc2ccccc2)CC1. The summed E-state index contributed by atoms with van der Waals surface area (Å²) in [5.74, 6) is 0. The molecule has 3 nitrogen and oxygen atoms in total. The first kappa shape index (κ1) is 15.5. The van der Waals surface area contributed by atoms with Gasteiger partial charge >= 0.3 is 0 Å². The molecule has 1 unspecified atom stereocenters. The number of rotatable bonds is 5. The average Bonchev–Trinajstić information content (AvgIpc) is 2.39. The molecule has 1 aromatic rings. The molecular formula is C17H29N3. The summed E-state index contributed by atoms with van der Waals surface area (Å²) in [7, 11) is 0. The fourth-order valence-electron chi connectivity index (χ4n) is 3.27.